The second-order valence-corrected chi connectivity index (χ2v) is 10.7. The second kappa shape index (κ2) is 7.46. The number of rotatable bonds is 5. The van der Waals surface area contributed by atoms with E-state index in [1.54, 1.807) is 7.11 Å². The Morgan fingerprint density at radius 2 is 2.10 bits per heavy atom. The summed E-state index contributed by atoms with van der Waals surface area (Å²) in [5, 5.41) is 26.7. The third kappa shape index (κ3) is 3.30. The molecular formula is C25H36N2O4. The van der Waals surface area contributed by atoms with Crippen molar-refractivity contribution in [2.45, 2.75) is 81.6 Å². The number of ether oxygens (including phenoxy) is 1. The molecule has 2 bridgehead atoms. The lowest BCUT2D eigenvalue weighted by molar-refractivity contribution is -0.190. The molecule has 1 aromatic carbocycles. The van der Waals surface area contributed by atoms with E-state index in [1.165, 1.54) is 18.4 Å². The Morgan fingerprint density at radius 3 is 2.77 bits per heavy atom. The van der Waals surface area contributed by atoms with Crippen molar-refractivity contribution in [3.63, 3.8) is 0 Å². The van der Waals surface area contributed by atoms with Gasteiger partial charge in [0.25, 0.3) is 0 Å². The summed E-state index contributed by atoms with van der Waals surface area (Å²) in [6, 6.07) is 5.80. The van der Waals surface area contributed by atoms with Gasteiger partial charge in [-0.1, -0.05) is 19.9 Å². The van der Waals surface area contributed by atoms with Crippen LogP contribution < -0.4 is 10.1 Å². The third-order valence-corrected chi connectivity index (χ3v) is 8.49. The Morgan fingerprint density at radius 1 is 1.32 bits per heavy atom. The van der Waals surface area contributed by atoms with Crippen LogP contribution in [0.1, 0.15) is 57.1 Å². The SMILES string of the molecule is COc1ccc2c(c1)C13CCN(CC4CC4)[C@H](C2)[C@]1(O)C[C@H](NC(=O)C(C)C)C(O)C3. The Labute approximate surface area is 185 Å². The van der Waals surface area contributed by atoms with Crippen LogP contribution in [0.5, 0.6) is 5.75 Å². The van der Waals surface area contributed by atoms with Crippen LogP contribution in [0.4, 0.5) is 0 Å². The number of hydrogen-bond acceptors (Lipinski definition) is 5. The number of amides is 1. The number of nitrogens with zero attached hydrogens (tertiary/aromatic N) is 1. The van der Waals surface area contributed by atoms with E-state index in [0.717, 1.165) is 43.2 Å². The number of piperidine rings is 1. The first-order valence-electron chi connectivity index (χ1n) is 11.9. The molecule has 0 radical (unpaired) electrons. The maximum atomic E-state index is 12.5. The Hall–Kier alpha value is -1.63. The Kier molecular flexibility index (Phi) is 5.11. The summed E-state index contributed by atoms with van der Waals surface area (Å²) in [4.78, 5) is 14.9. The van der Waals surface area contributed by atoms with Crippen molar-refractivity contribution in [2.75, 3.05) is 20.2 Å². The lowest BCUT2D eigenvalue weighted by Gasteiger charge is -2.65. The highest BCUT2D eigenvalue weighted by atomic mass is 16.5. The first kappa shape index (κ1) is 21.2. The molecule has 6 heteroatoms. The summed E-state index contributed by atoms with van der Waals surface area (Å²) >= 11 is 0. The molecule has 4 aliphatic rings. The summed E-state index contributed by atoms with van der Waals surface area (Å²) in [5.74, 6) is 1.32. The van der Waals surface area contributed by atoms with Crippen LogP contribution in [0.3, 0.4) is 0 Å². The van der Waals surface area contributed by atoms with Gasteiger partial charge in [-0.05, 0) is 67.8 Å². The van der Waals surface area contributed by atoms with Gasteiger partial charge in [-0.2, -0.15) is 0 Å². The van der Waals surface area contributed by atoms with E-state index in [9.17, 15) is 15.0 Å². The summed E-state index contributed by atoms with van der Waals surface area (Å²) in [7, 11) is 1.67. The normalized spacial score (nSPS) is 37.2. The highest BCUT2D eigenvalue weighted by Crippen LogP contribution is 2.59. The number of benzene rings is 1. The molecule has 1 saturated heterocycles. The van der Waals surface area contributed by atoms with Crippen LogP contribution in [0.15, 0.2) is 18.2 Å². The zero-order valence-electron chi connectivity index (χ0n) is 18.9. The minimum atomic E-state index is -0.992. The average molecular weight is 429 g/mol. The van der Waals surface area contributed by atoms with E-state index in [-0.39, 0.29) is 17.9 Å². The van der Waals surface area contributed by atoms with Gasteiger partial charge in [0.15, 0.2) is 0 Å². The number of aliphatic hydroxyl groups excluding tert-OH is 1. The van der Waals surface area contributed by atoms with Crippen LogP contribution in [0, 0.1) is 11.8 Å². The van der Waals surface area contributed by atoms with E-state index in [4.69, 9.17) is 4.74 Å². The molecule has 170 valence electrons. The lowest BCUT2D eigenvalue weighted by atomic mass is 9.48. The molecular weight excluding hydrogens is 392 g/mol. The van der Waals surface area contributed by atoms with E-state index in [1.807, 2.05) is 19.9 Å². The fraction of sp³-hybridized carbons (Fsp3) is 0.720. The molecule has 1 heterocycles. The summed E-state index contributed by atoms with van der Waals surface area (Å²) in [5.41, 5.74) is 0.878. The van der Waals surface area contributed by atoms with Gasteiger partial charge >= 0.3 is 0 Å². The Balaban J connectivity index is 1.56. The smallest absolute Gasteiger partial charge is 0.222 e. The fourth-order valence-electron chi connectivity index (χ4n) is 6.55. The van der Waals surface area contributed by atoms with Gasteiger partial charge < -0.3 is 20.3 Å². The molecule has 1 aliphatic heterocycles. The molecule has 3 fully saturated rings. The molecule has 3 N–H and O–H groups in total. The maximum absolute atomic E-state index is 12.5. The van der Waals surface area contributed by atoms with Gasteiger partial charge in [-0.3, -0.25) is 9.69 Å². The molecule has 5 atom stereocenters. The van der Waals surface area contributed by atoms with E-state index in [2.05, 4.69) is 22.3 Å². The van der Waals surface area contributed by atoms with Crippen molar-refractivity contribution in [1.82, 2.24) is 10.2 Å². The number of nitrogens with one attached hydrogen (secondary N) is 1. The molecule has 1 amide bonds. The standard InChI is InChI=1S/C25H36N2O4/c1-15(2)23(29)26-20-12-25(30)22-10-17-6-7-18(31-3)11-19(17)24(25,13-21(20)28)8-9-27(22)14-16-4-5-16/h6-7,11,15-16,20-22,28,30H,4-5,8-10,12-14H2,1-3H3,(H,26,29)/t20-,21?,22+,24?,25+/m0/s1. The van der Waals surface area contributed by atoms with E-state index in [0.29, 0.717) is 12.8 Å². The van der Waals surface area contributed by atoms with Crippen molar-refractivity contribution >= 4 is 5.91 Å². The predicted octanol–water partition coefficient (Wildman–Crippen LogP) is 2.00. The van der Waals surface area contributed by atoms with E-state index >= 15 is 0 Å². The number of carbonyl (C=O) groups is 1. The van der Waals surface area contributed by atoms with Gasteiger partial charge in [0.2, 0.25) is 5.91 Å². The lowest BCUT2D eigenvalue weighted by Crippen LogP contribution is -2.76. The summed E-state index contributed by atoms with van der Waals surface area (Å²) in [6.45, 7) is 5.70. The number of hydrogen-bond donors (Lipinski definition) is 3. The van der Waals surface area contributed by atoms with Crippen molar-refractivity contribution in [3.8, 4) is 5.75 Å². The number of aliphatic hydroxyl groups is 2. The first-order chi connectivity index (χ1) is 14.8. The maximum Gasteiger partial charge on any atom is 0.222 e. The molecule has 2 unspecified atom stereocenters. The molecule has 5 rings (SSSR count). The average Bonchev–Trinajstić information content (AvgIpc) is 3.55. The minimum absolute atomic E-state index is 0.00805. The number of fused-ring (bicyclic) bond motifs is 1. The molecule has 31 heavy (non-hydrogen) atoms. The molecule has 0 aromatic heterocycles. The largest absolute Gasteiger partial charge is 0.497 e. The zero-order valence-corrected chi connectivity index (χ0v) is 18.9. The molecule has 2 saturated carbocycles. The summed E-state index contributed by atoms with van der Waals surface area (Å²) < 4.78 is 5.52. The van der Waals surface area contributed by atoms with Crippen molar-refractivity contribution < 1.29 is 19.7 Å². The molecule has 1 aromatic rings. The van der Waals surface area contributed by atoms with Gasteiger partial charge in [0, 0.05) is 30.3 Å². The van der Waals surface area contributed by atoms with Crippen LogP contribution >= 0.6 is 0 Å². The topological polar surface area (TPSA) is 82.0 Å². The van der Waals surface area contributed by atoms with Gasteiger partial charge in [-0.15, -0.1) is 0 Å². The molecule has 0 spiro atoms. The Bertz CT molecular complexity index is 869. The number of methoxy groups -OCH3 is 1. The van der Waals surface area contributed by atoms with Gasteiger partial charge in [0.05, 0.1) is 24.9 Å². The highest BCUT2D eigenvalue weighted by molar-refractivity contribution is 5.78. The van der Waals surface area contributed by atoms with Crippen LogP contribution in [0.2, 0.25) is 0 Å². The van der Waals surface area contributed by atoms with Crippen molar-refractivity contribution in [1.29, 1.82) is 0 Å². The van der Waals surface area contributed by atoms with Gasteiger partial charge in [0.1, 0.15) is 5.75 Å². The highest BCUT2D eigenvalue weighted by Gasteiger charge is 2.66. The molecule has 3 aliphatic carbocycles. The summed E-state index contributed by atoms with van der Waals surface area (Å²) in [6.07, 6.45) is 4.34. The minimum Gasteiger partial charge on any atom is -0.497 e. The number of carbonyl (C=O) groups excluding carboxylic acids is 1. The van der Waals surface area contributed by atoms with Crippen molar-refractivity contribution in [2.24, 2.45) is 11.8 Å². The van der Waals surface area contributed by atoms with Crippen LogP contribution in [0.25, 0.3) is 0 Å². The van der Waals surface area contributed by atoms with Crippen LogP contribution in [-0.4, -0.2) is 65.0 Å². The quantitative estimate of drug-likeness (QED) is 0.668. The second-order valence-electron chi connectivity index (χ2n) is 10.7. The van der Waals surface area contributed by atoms with Gasteiger partial charge in [-0.25, -0.2) is 0 Å². The monoisotopic (exact) mass is 428 g/mol. The van der Waals surface area contributed by atoms with Crippen molar-refractivity contribution in [3.05, 3.63) is 29.3 Å². The van der Waals surface area contributed by atoms with Crippen LogP contribution in [-0.2, 0) is 16.6 Å². The predicted molar refractivity (Wildman–Crippen MR) is 118 cm³/mol. The number of likely N-dealkylation sites (tertiary alicyclic amines) is 1. The van der Waals surface area contributed by atoms with E-state index < -0.39 is 23.2 Å². The zero-order chi connectivity index (χ0) is 22.0. The fourth-order valence-corrected chi connectivity index (χ4v) is 6.55. The molecule has 6 nitrogen and oxygen atoms in total. The third-order valence-electron chi connectivity index (χ3n) is 8.49. The first-order valence-corrected chi connectivity index (χ1v) is 11.9.